The van der Waals surface area contributed by atoms with Crippen LogP contribution in [0.4, 0.5) is 10.8 Å². The highest BCUT2D eigenvalue weighted by atomic mass is 32.1. The first-order valence-electron chi connectivity index (χ1n) is 8.95. The summed E-state index contributed by atoms with van der Waals surface area (Å²) in [5.41, 5.74) is 4.11. The number of aromatic amines is 1. The monoisotopic (exact) mass is 411 g/mol. The number of hydrogen-bond donors (Lipinski definition) is 1. The molecule has 0 saturated heterocycles. The van der Waals surface area contributed by atoms with E-state index in [0.717, 1.165) is 16.8 Å². The van der Waals surface area contributed by atoms with Gasteiger partial charge in [0.2, 0.25) is 5.91 Å². The zero-order valence-corrected chi connectivity index (χ0v) is 17.4. The number of hydrogen-bond acceptors (Lipinski definition) is 6. The third kappa shape index (κ3) is 4.60. The lowest BCUT2D eigenvalue weighted by molar-refractivity contribution is -0.115. The van der Waals surface area contributed by atoms with E-state index in [9.17, 15) is 14.4 Å². The molecule has 0 fully saturated rings. The van der Waals surface area contributed by atoms with Crippen LogP contribution >= 0.6 is 11.3 Å². The molecular weight excluding hydrogens is 390 g/mol. The van der Waals surface area contributed by atoms with Crippen molar-refractivity contribution in [2.45, 2.75) is 34.3 Å². The van der Waals surface area contributed by atoms with Crippen molar-refractivity contribution < 1.29 is 19.1 Å². The van der Waals surface area contributed by atoms with Gasteiger partial charge in [0.15, 0.2) is 10.9 Å². The fourth-order valence-corrected chi connectivity index (χ4v) is 3.56. The SMILES string of the molecule is CC(=O)c1c[nH]c(C(=O)OCc2csc(N(C(C)=O)c3ccc(C)c(C)c3)n2)c1. The summed E-state index contributed by atoms with van der Waals surface area (Å²) in [5.74, 6) is -0.876. The molecule has 3 aromatic rings. The summed E-state index contributed by atoms with van der Waals surface area (Å²) in [4.78, 5) is 44.4. The second-order valence-electron chi connectivity index (χ2n) is 6.68. The summed E-state index contributed by atoms with van der Waals surface area (Å²) in [6, 6.07) is 7.23. The average molecular weight is 411 g/mol. The Morgan fingerprint density at radius 1 is 1.14 bits per heavy atom. The third-order valence-corrected chi connectivity index (χ3v) is 5.33. The summed E-state index contributed by atoms with van der Waals surface area (Å²) in [5, 5.41) is 2.25. The molecule has 2 aromatic heterocycles. The number of nitrogens with zero attached hydrogens (tertiary/aromatic N) is 2. The first-order valence-corrected chi connectivity index (χ1v) is 9.83. The third-order valence-electron chi connectivity index (χ3n) is 4.46. The van der Waals surface area contributed by atoms with E-state index >= 15 is 0 Å². The fourth-order valence-electron chi connectivity index (χ4n) is 2.69. The van der Waals surface area contributed by atoms with E-state index in [1.165, 1.54) is 42.3 Å². The van der Waals surface area contributed by atoms with Crippen molar-refractivity contribution in [3.8, 4) is 0 Å². The van der Waals surface area contributed by atoms with Gasteiger partial charge in [-0.3, -0.25) is 14.5 Å². The highest BCUT2D eigenvalue weighted by molar-refractivity contribution is 7.14. The Bertz CT molecular complexity index is 1080. The topological polar surface area (TPSA) is 92.4 Å². The number of esters is 1. The largest absolute Gasteiger partial charge is 0.454 e. The average Bonchev–Trinajstić information content (AvgIpc) is 3.32. The Labute approximate surface area is 172 Å². The van der Waals surface area contributed by atoms with Crippen LogP contribution in [-0.4, -0.2) is 27.6 Å². The molecule has 0 unspecified atom stereocenters. The maximum atomic E-state index is 12.2. The van der Waals surface area contributed by atoms with Crippen LogP contribution in [0.2, 0.25) is 0 Å². The van der Waals surface area contributed by atoms with Crippen molar-refractivity contribution in [2.75, 3.05) is 4.90 Å². The number of nitrogens with one attached hydrogen (secondary N) is 1. The van der Waals surface area contributed by atoms with Gasteiger partial charge in [0.05, 0.1) is 11.4 Å². The molecule has 2 heterocycles. The van der Waals surface area contributed by atoms with Crippen LogP contribution < -0.4 is 4.90 Å². The van der Waals surface area contributed by atoms with Gasteiger partial charge in [-0.2, -0.15) is 0 Å². The van der Waals surface area contributed by atoms with Gasteiger partial charge in [-0.15, -0.1) is 11.3 Å². The lowest BCUT2D eigenvalue weighted by atomic mass is 10.1. The van der Waals surface area contributed by atoms with Crippen LogP contribution in [0.3, 0.4) is 0 Å². The van der Waals surface area contributed by atoms with Gasteiger partial charge in [0.25, 0.3) is 0 Å². The smallest absolute Gasteiger partial charge is 0.355 e. The number of aryl methyl sites for hydroxylation is 2. The maximum Gasteiger partial charge on any atom is 0.355 e. The number of H-pyrrole nitrogens is 1. The number of thiazole rings is 1. The number of rotatable bonds is 6. The van der Waals surface area contributed by atoms with Crippen LogP contribution in [0.15, 0.2) is 35.8 Å². The van der Waals surface area contributed by atoms with Crippen molar-refractivity contribution in [3.63, 3.8) is 0 Å². The fraction of sp³-hybridized carbons (Fsp3) is 0.238. The number of aromatic nitrogens is 2. The lowest BCUT2D eigenvalue weighted by Gasteiger charge is -2.19. The minimum atomic E-state index is -0.579. The number of Topliss-reactive ketones (excluding diaryl/α,β-unsaturated/α-hetero) is 1. The Kier molecular flexibility index (Phi) is 5.93. The van der Waals surface area contributed by atoms with E-state index in [2.05, 4.69) is 9.97 Å². The predicted molar refractivity (Wildman–Crippen MR) is 111 cm³/mol. The van der Waals surface area contributed by atoms with Crippen LogP contribution in [0, 0.1) is 13.8 Å². The highest BCUT2D eigenvalue weighted by Gasteiger charge is 2.19. The second kappa shape index (κ2) is 8.40. The van der Waals surface area contributed by atoms with Gasteiger partial charge in [-0.1, -0.05) is 6.07 Å². The zero-order valence-electron chi connectivity index (χ0n) is 16.6. The van der Waals surface area contributed by atoms with E-state index in [-0.39, 0.29) is 24.0 Å². The Morgan fingerprint density at radius 3 is 2.52 bits per heavy atom. The number of amides is 1. The van der Waals surface area contributed by atoms with E-state index in [4.69, 9.17) is 4.74 Å². The first kappa shape index (κ1) is 20.5. The van der Waals surface area contributed by atoms with Crippen molar-refractivity contribution in [1.82, 2.24) is 9.97 Å². The molecule has 0 bridgehead atoms. The number of carbonyl (C=O) groups is 3. The number of benzene rings is 1. The molecule has 0 atom stereocenters. The summed E-state index contributed by atoms with van der Waals surface area (Å²) in [6.45, 7) is 6.86. The number of anilines is 2. The first-order chi connectivity index (χ1) is 13.8. The molecule has 29 heavy (non-hydrogen) atoms. The minimum absolute atomic E-state index is 0.0393. The van der Waals surface area contributed by atoms with Gasteiger partial charge < -0.3 is 9.72 Å². The van der Waals surface area contributed by atoms with E-state index in [0.29, 0.717) is 16.4 Å². The number of carbonyl (C=O) groups excluding carboxylic acids is 3. The molecule has 7 nitrogen and oxygen atoms in total. The number of ketones is 1. The molecule has 150 valence electrons. The van der Waals surface area contributed by atoms with Gasteiger partial charge in [-0.25, -0.2) is 9.78 Å². The standard InChI is InChI=1S/C21H21N3O4S/c1-12-5-6-18(7-13(12)2)24(15(4)26)21-23-17(11-29-21)10-28-20(27)19-8-16(9-22-19)14(3)25/h5-9,11,22H,10H2,1-4H3. The van der Waals surface area contributed by atoms with Crippen LogP contribution in [-0.2, 0) is 16.1 Å². The molecule has 0 radical (unpaired) electrons. The van der Waals surface area contributed by atoms with Crippen molar-refractivity contribution >= 4 is 39.8 Å². The van der Waals surface area contributed by atoms with E-state index < -0.39 is 5.97 Å². The molecule has 3 rings (SSSR count). The molecule has 0 aliphatic rings. The minimum Gasteiger partial charge on any atom is -0.454 e. The molecular formula is C21H21N3O4S. The molecule has 0 aliphatic heterocycles. The zero-order chi connectivity index (χ0) is 21.1. The summed E-state index contributed by atoms with van der Waals surface area (Å²) in [7, 11) is 0. The Balaban J connectivity index is 1.72. The number of ether oxygens (including phenoxy) is 1. The maximum absolute atomic E-state index is 12.2. The Hall–Kier alpha value is -3.26. The Morgan fingerprint density at radius 2 is 1.90 bits per heavy atom. The molecule has 0 spiro atoms. The normalized spacial score (nSPS) is 10.6. The van der Waals surface area contributed by atoms with Crippen LogP contribution in [0.1, 0.15) is 51.5 Å². The second-order valence-corrected chi connectivity index (χ2v) is 7.52. The molecule has 1 N–H and O–H groups in total. The molecule has 1 aromatic carbocycles. The quantitative estimate of drug-likeness (QED) is 0.481. The summed E-state index contributed by atoms with van der Waals surface area (Å²) >= 11 is 1.30. The van der Waals surface area contributed by atoms with Gasteiger partial charge >= 0.3 is 5.97 Å². The molecule has 1 amide bonds. The van der Waals surface area contributed by atoms with Crippen LogP contribution in [0.25, 0.3) is 0 Å². The summed E-state index contributed by atoms with van der Waals surface area (Å²) in [6.07, 6.45) is 1.47. The van der Waals surface area contributed by atoms with E-state index in [1.54, 1.807) is 5.38 Å². The summed E-state index contributed by atoms with van der Waals surface area (Å²) < 4.78 is 5.26. The predicted octanol–water partition coefficient (Wildman–Crippen LogP) is 4.33. The van der Waals surface area contributed by atoms with Gasteiger partial charge in [-0.05, 0) is 50.1 Å². The highest BCUT2D eigenvalue weighted by Crippen LogP contribution is 2.30. The van der Waals surface area contributed by atoms with Crippen molar-refractivity contribution in [2.24, 2.45) is 0 Å². The van der Waals surface area contributed by atoms with E-state index in [1.807, 2.05) is 32.0 Å². The molecule has 8 heteroatoms. The lowest BCUT2D eigenvalue weighted by Crippen LogP contribution is -2.22. The van der Waals surface area contributed by atoms with Crippen LogP contribution in [0.5, 0.6) is 0 Å². The van der Waals surface area contributed by atoms with Gasteiger partial charge in [0, 0.05) is 24.1 Å². The molecule has 0 aliphatic carbocycles. The molecule has 0 saturated carbocycles. The van der Waals surface area contributed by atoms with Gasteiger partial charge in [0.1, 0.15) is 12.3 Å². The van der Waals surface area contributed by atoms with Crippen molar-refractivity contribution in [1.29, 1.82) is 0 Å². The van der Waals surface area contributed by atoms with Crippen molar-refractivity contribution in [3.05, 3.63) is 63.9 Å².